The van der Waals surface area contributed by atoms with E-state index in [4.69, 9.17) is 4.42 Å². The van der Waals surface area contributed by atoms with Crippen LogP contribution in [0.25, 0.3) is 11.5 Å². The van der Waals surface area contributed by atoms with Crippen LogP contribution >= 0.6 is 11.3 Å². The van der Waals surface area contributed by atoms with Crippen molar-refractivity contribution >= 4 is 28.3 Å². The molecule has 6 nitrogen and oxygen atoms in total. The van der Waals surface area contributed by atoms with Crippen LogP contribution in [0.1, 0.15) is 34.2 Å². The first-order chi connectivity index (χ1) is 14.8. The molecule has 2 N–H and O–H groups in total. The summed E-state index contributed by atoms with van der Waals surface area (Å²) in [5.74, 6) is -0.726. The Balaban J connectivity index is 1.80. The van der Waals surface area contributed by atoms with Gasteiger partial charge in [-0.1, -0.05) is 0 Å². The molecule has 0 saturated heterocycles. The van der Waals surface area contributed by atoms with Crippen LogP contribution in [0.15, 0.2) is 40.1 Å². The summed E-state index contributed by atoms with van der Waals surface area (Å²) >= 11 is 0.897. The average molecular weight is 477 g/mol. The van der Waals surface area contributed by atoms with Crippen LogP contribution < -0.4 is 10.6 Å². The van der Waals surface area contributed by atoms with Crippen LogP contribution in [-0.2, 0) is 23.7 Å². The maximum absolute atomic E-state index is 13.0. The number of amides is 2. The molecule has 1 aromatic carbocycles. The van der Waals surface area contributed by atoms with Gasteiger partial charge in [0, 0.05) is 17.9 Å². The summed E-state index contributed by atoms with van der Waals surface area (Å²) in [6, 6.07) is 3.75. The van der Waals surface area contributed by atoms with Crippen LogP contribution in [0.5, 0.6) is 0 Å². The van der Waals surface area contributed by atoms with Gasteiger partial charge >= 0.3 is 12.4 Å². The number of hydrogen-bond donors (Lipinski definition) is 2. The summed E-state index contributed by atoms with van der Waals surface area (Å²) in [4.78, 5) is 27.3. The van der Waals surface area contributed by atoms with Crippen molar-refractivity contribution in [1.82, 2.24) is 10.3 Å². The molecule has 0 aliphatic rings. The molecule has 0 unspecified atom stereocenters. The molecule has 32 heavy (non-hydrogen) atoms. The lowest BCUT2D eigenvalue weighted by Gasteiger charge is -2.13. The zero-order valence-corrected chi connectivity index (χ0v) is 16.8. The third-order valence-electron chi connectivity index (χ3n) is 4.00. The van der Waals surface area contributed by atoms with Gasteiger partial charge in [-0.05, 0) is 30.3 Å². The van der Waals surface area contributed by atoms with E-state index in [1.165, 1.54) is 12.3 Å². The Morgan fingerprint density at radius 2 is 1.66 bits per heavy atom. The molecule has 0 atom stereocenters. The topological polar surface area (TPSA) is 84.2 Å². The maximum atomic E-state index is 13.0. The molecule has 2 heterocycles. The summed E-state index contributed by atoms with van der Waals surface area (Å²) in [7, 11) is 0. The lowest BCUT2D eigenvalue weighted by atomic mass is 10.0. The number of rotatable bonds is 5. The summed E-state index contributed by atoms with van der Waals surface area (Å²) in [5.41, 5.74) is -3.74. The molecule has 170 valence electrons. The van der Waals surface area contributed by atoms with Gasteiger partial charge in [-0.15, -0.1) is 11.3 Å². The molecular weight excluding hydrogens is 464 g/mol. The van der Waals surface area contributed by atoms with Gasteiger partial charge in [-0.3, -0.25) is 14.9 Å². The van der Waals surface area contributed by atoms with Crippen molar-refractivity contribution in [3.63, 3.8) is 0 Å². The van der Waals surface area contributed by atoms with Crippen molar-refractivity contribution in [2.24, 2.45) is 0 Å². The van der Waals surface area contributed by atoms with Crippen LogP contribution in [0.2, 0.25) is 0 Å². The highest BCUT2D eigenvalue weighted by molar-refractivity contribution is 7.14. The second kappa shape index (κ2) is 8.65. The Kier molecular flexibility index (Phi) is 6.30. The van der Waals surface area contributed by atoms with Gasteiger partial charge in [-0.2, -0.15) is 26.3 Å². The molecule has 0 radical (unpaired) electrons. The van der Waals surface area contributed by atoms with Crippen LogP contribution in [0.3, 0.4) is 0 Å². The summed E-state index contributed by atoms with van der Waals surface area (Å²) < 4.78 is 83.3. The Labute approximate surface area is 180 Å². The van der Waals surface area contributed by atoms with E-state index >= 15 is 0 Å². The third kappa shape index (κ3) is 5.66. The quantitative estimate of drug-likeness (QED) is 0.487. The predicted octanol–water partition coefficient (Wildman–Crippen LogP) is 5.33. The number of carbonyl (C=O) groups excluding carboxylic acids is 2. The largest absolute Gasteiger partial charge is 0.458 e. The number of carbonyl (C=O) groups is 2. The SMILES string of the molecule is CC(=O)NCc1ccc(-c2csc(NC(=O)c3cc(C(F)(F)F)cc(C(F)(F)F)c3)n2)o1. The minimum Gasteiger partial charge on any atom is -0.458 e. The van der Waals surface area contributed by atoms with E-state index in [2.05, 4.69) is 15.6 Å². The molecule has 2 aromatic heterocycles. The molecule has 0 saturated carbocycles. The van der Waals surface area contributed by atoms with E-state index in [9.17, 15) is 35.9 Å². The molecule has 3 rings (SSSR count). The van der Waals surface area contributed by atoms with E-state index in [0.29, 0.717) is 23.7 Å². The number of hydrogen-bond acceptors (Lipinski definition) is 5. The van der Waals surface area contributed by atoms with Crippen LogP contribution in [-0.4, -0.2) is 16.8 Å². The van der Waals surface area contributed by atoms with Crippen molar-refractivity contribution < 1.29 is 40.3 Å². The van der Waals surface area contributed by atoms with Crippen molar-refractivity contribution in [1.29, 1.82) is 0 Å². The lowest BCUT2D eigenvalue weighted by Crippen LogP contribution is -2.18. The monoisotopic (exact) mass is 477 g/mol. The van der Waals surface area contributed by atoms with E-state index in [-0.39, 0.29) is 29.3 Å². The molecule has 0 spiro atoms. The van der Waals surface area contributed by atoms with E-state index in [0.717, 1.165) is 11.3 Å². The first-order valence-electron chi connectivity index (χ1n) is 8.73. The number of thiazole rings is 1. The highest BCUT2D eigenvalue weighted by Crippen LogP contribution is 2.36. The minimum atomic E-state index is -5.07. The molecule has 3 aromatic rings. The molecule has 0 aliphatic carbocycles. The molecule has 0 bridgehead atoms. The van der Waals surface area contributed by atoms with E-state index in [1.807, 2.05) is 0 Å². The molecule has 0 fully saturated rings. The van der Waals surface area contributed by atoms with Gasteiger partial charge in [0.15, 0.2) is 10.9 Å². The predicted molar refractivity (Wildman–Crippen MR) is 102 cm³/mol. The number of alkyl halides is 6. The third-order valence-corrected chi connectivity index (χ3v) is 4.76. The van der Waals surface area contributed by atoms with Crippen molar-refractivity contribution in [3.05, 3.63) is 58.2 Å². The second-order valence-corrected chi connectivity index (χ2v) is 7.32. The summed E-state index contributed by atoms with van der Waals surface area (Å²) in [6.45, 7) is 1.47. The number of furan rings is 1. The normalized spacial score (nSPS) is 12.0. The Bertz CT molecular complexity index is 1120. The fraction of sp³-hybridized carbons (Fsp3) is 0.211. The standard InChI is InChI=1S/C19H13F6N3O3S/c1-9(29)26-7-13-2-3-15(31-13)14-8-32-17(27-14)28-16(30)10-4-11(18(20,21)22)6-12(5-10)19(23,24)25/h2-6,8H,7H2,1H3,(H,26,29)(H,27,28,30). The average Bonchev–Trinajstić information content (AvgIpc) is 3.34. The zero-order chi connectivity index (χ0) is 23.7. The Morgan fingerprint density at radius 1 is 1.03 bits per heavy atom. The Morgan fingerprint density at radius 3 is 2.22 bits per heavy atom. The van der Waals surface area contributed by atoms with Crippen molar-refractivity contribution in [2.75, 3.05) is 5.32 Å². The van der Waals surface area contributed by atoms with Gasteiger partial charge in [-0.25, -0.2) is 4.98 Å². The molecule has 2 amide bonds. The van der Waals surface area contributed by atoms with Gasteiger partial charge in [0.1, 0.15) is 11.5 Å². The fourth-order valence-corrected chi connectivity index (χ4v) is 3.22. The minimum absolute atomic E-state index is 0.0595. The van der Waals surface area contributed by atoms with E-state index in [1.54, 1.807) is 12.1 Å². The van der Waals surface area contributed by atoms with Gasteiger partial charge in [0.2, 0.25) is 5.91 Å². The highest BCUT2D eigenvalue weighted by Gasteiger charge is 2.37. The lowest BCUT2D eigenvalue weighted by molar-refractivity contribution is -0.143. The van der Waals surface area contributed by atoms with Gasteiger partial charge in [0.05, 0.1) is 17.7 Å². The number of nitrogens with zero attached hydrogens (tertiary/aromatic N) is 1. The first kappa shape index (κ1) is 23.3. The number of anilines is 1. The molecular formula is C19H13F6N3O3S. The number of halogens is 6. The number of aromatic nitrogens is 1. The summed E-state index contributed by atoms with van der Waals surface area (Å²) in [5, 5.41) is 6.14. The smallest absolute Gasteiger partial charge is 0.416 e. The fourth-order valence-electron chi connectivity index (χ4n) is 2.52. The second-order valence-electron chi connectivity index (χ2n) is 6.46. The first-order valence-corrected chi connectivity index (χ1v) is 9.61. The summed E-state index contributed by atoms with van der Waals surface area (Å²) in [6.07, 6.45) is -10.1. The van der Waals surface area contributed by atoms with Gasteiger partial charge < -0.3 is 9.73 Å². The Hall–Kier alpha value is -3.35. The van der Waals surface area contributed by atoms with E-state index < -0.39 is 35.0 Å². The van der Waals surface area contributed by atoms with Gasteiger partial charge in [0.25, 0.3) is 5.91 Å². The van der Waals surface area contributed by atoms with Crippen LogP contribution in [0.4, 0.5) is 31.5 Å². The number of nitrogens with one attached hydrogen (secondary N) is 2. The van der Waals surface area contributed by atoms with Crippen molar-refractivity contribution in [3.8, 4) is 11.5 Å². The highest BCUT2D eigenvalue weighted by atomic mass is 32.1. The maximum Gasteiger partial charge on any atom is 0.416 e. The molecule has 0 aliphatic heterocycles. The molecule has 13 heteroatoms. The van der Waals surface area contributed by atoms with Crippen LogP contribution in [0, 0.1) is 0 Å². The number of benzene rings is 1. The van der Waals surface area contributed by atoms with Crippen molar-refractivity contribution in [2.45, 2.75) is 25.8 Å². The zero-order valence-electron chi connectivity index (χ0n) is 16.0.